The maximum Gasteiger partial charge on any atom is 0.306 e. The van der Waals surface area contributed by atoms with Crippen LogP contribution in [0.2, 0.25) is 10.0 Å². The number of ether oxygens (including phenoxy) is 2. The van der Waals surface area contributed by atoms with E-state index in [0.29, 0.717) is 34.1 Å². The van der Waals surface area contributed by atoms with Crippen molar-refractivity contribution in [1.29, 1.82) is 0 Å². The molecule has 1 unspecified atom stereocenters. The maximum atomic E-state index is 13.2. The molecule has 8 heteroatoms. The number of benzene rings is 2. The normalized spacial score (nSPS) is 12.2. The van der Waals surface area contributed by atoms with Crippen molar-refractivity contribution in [3.05, 3.63) is 57.6 Å². The largest absolute Gasteiger partial charge is 0.496 e. The fraction of sp³-hybridized carbons (Fsp3) is 0.417. The molecule has 1 N–H and O–H groups in total. The van der Waals surface area contributed by atoms with E-state index < -0.39 is 12.1 Å². The average Bonchev–Trinajstić information content (AvgIpc) is 2.74. The van der Waals surface area contributed by atoms with Crippen LogP contribution in [0.15, 0.2) is 36.4 Å². The summed E-state index contributed by atoms with van der Waals surface area (Å²) in [5.74, 6) is -0.310. The highest BCUT2D eigenvalue weighted by molar-refractivity contribution is 6.37. The van der Waals surface area contributed by atoms with Crippen molar-refractivity contribution in [2.45, 2.75) is 39.7 Å². The number of hydrogen-bond acceptors (Lipinski definition) is 5. The third-order valence-corrected chi connectivity index (χ3v) is 5.27. The summed E-state index contributed by atoms with van der Waals surface area (Å²) in [4.78, 5) is 26.4. The molecule has 0 fully saturated rings. The first-order chi connectivity index (χ1) is 15.0. The van der Waals surface area contributed by atoms with E-state index in [1.807, 2.05) is 20.8 Å². The van der Waals surface area contributed by atoms with Crippen molar-refractivity contribution in [3.63, 3.8) is 0 Å². The Hall–Kier alpha value is -2.28. The lowest BCUT2D eigenvalue weighted by Gasteiger charge is -2.33. The number of anilines is 1. The molecule has 6 nitrogen and oxygen atoms in total. The highest BCUT2D eigenvalue weighted by Crippen LogP contribution is 2.42. The predicted molar refractivity (Wildman–Crippen MR) is 127 cm³/mol. The number of carbonyl (C=O) groups excluding carboxylic acids is 2. The Morgan fingerprint density at radius 2 is 1.72 bits per heavy atom. The molecule has 0 bridgehead atoms. The monoisotopic (exact) mass is 481 g/mol. The Bertz CT molecular complexity index is 971. The van der Waals surface area contributed by atoms with E-state index >= 15 is 0 Å². The molecular weight excluding hydrogens is 453 g/mol. The van der Waals surface area contributed by atoms with Crippen LogP contribution in [-0.2, 0) is 14.3 Å². The number of nitrogens with zero attached hydrogens (tertiary/aromatic N) is 1. The number of halogens is 2. The number of methoxy groups -OCH3 is 2. The molecule has 2 aromatic rings. The Kier molecular flexibility index (Phi) is 8.96. The summed E-state index contributed by atoms with van der Waals surface area (Å²) in [7, 11) is 2.79. The first-order valence-electron chi connectivity index (χ1n) is 10.2. The van der Waals surface area contributed by atoms with E-state index in [9.17, 15) is 14.7 Å². The Morgan fingerprint density at radius 1 is 1.06 bits per heavy atom. The van der Waals surface area contributed by atoms with Crippen LogP contribution in [0.25, 0.3) is 0 Å². The van der Waals surface area contributed by atoms with Crippen LogP contribution in [0.1, 0.15) is 50.8 Å². The van der Waals surface area contributed by atoms with Crippen molar-refractivity contribution in [2.75, 3.05) is 25.7 Å². The molecule has 0 saturated heterocycles. The minimum Gasteiger partial charge on any atom is -0.496 e. The predicted octanol–water partition coefficient (Wildman–Crippen LogP) is 5.42. The minimum atomic E-state index is -1.16. The average molecular weight is 482 g/mol. The molecule has 0 heterocycles. The molecule has 2 aromatic carbocycles. The summed E-state index contributed by atoms with van der Waals surface area (Å²) in [6.45, 7) is 6.25. The van der Waals surface area contributed by atoms with Crippen LogP contribution >= 0.6 is 23.2 Å². The smallest absolute Gasteiger partial charge is 0.306 e. The lowest BCUT2D eigenvalue weighted by molar-refractivity contribution is -0.141. The fourth-order valence-corrected chi connectivity index (χ4v) is 3.96. The Morgan fingerprint density at radius 3 is 2.31 bits per heavy atom. The zero-order chi connectivity index (χ0) is 24.1. The number of rotatable bonds is 8. The second-order valence-electron chi connectivity index (χ2n) is 8.59. The zero-order valence-electron chi connectivity index (χ0n) is 18.9. The van der Waals surface area contributed by atoms with Gasteiger partial charge < -0.3 is 19.5 Å². The van der Waals surface area contributed by atoms with Gasteiger partial charge in [-0.2, -0.15) is 0 Å². The summed E-state index contributed by atoms with van der Waals surface area (Å²) in [5.41, 5.74) is 0.922. The van der Waals surface area contributed by atoms with Crippen LogP contribution < -0.4 is 9.64 Å². The van der Waals surface area contributed by atoms with E-state index in [-0.39, 0.29) is 29.2 Å². The quantitative estimate of drug-likeness (QED) is 0.509. The maximum absolute atomic E-state index is 13.2. The van der Waals surface area contributed by atoms with Crippen LogP contribution in [0.4, 0.5) is 5.69 Å². The van der Waals surface area contributed by atoms with Gasteiger partial charge in [-0.1, -0.05) is 62.2 Å². The molecule has 1 atom stereocenters. The van der Waals surface area contributed by atoms with Gasteiger partial charge >= 0.3 is 5.97 Å². The van der Waals surface area contributed by atoms with E-state index in [2.05, 4.69) is 4.74 Å². The standard InChI is InChI=1S/C24H29Cl2NO5/c1-24(2,3)14-27(20(28)10-11-21(29)32-5)22-17(12-15(25)13-18(22)26)23(30)16-8-6-7-9-19(16)31-4/h6-9,12-13,23,30H,10-11,14H2,1-5H3. The fourth-order valence-electron chi connectivity index (χ4n) is 3.35. The first-order valence-corrected chi connectivity index (χ1v) is 10.9. The van der Waals surface area contributed by atoms with E-state index in [0.717, 1.165) is 0 Å². The topological polar surface area (TPSA) is 76.1 Å². The van der Waals surface area contributed by atoms with Gasteiger partial charge in [-0.25, -0.2) is 0 Å². The van der Waals surface area contributed by atoms with Gasteiger partial charge in [0.05, 0.1) is 31.4 Å². The van der Waals surface area contributed by atoms with Crippen molar-refractivity contribution in [2.24, 2.45) is 5.41 Å². The Labute approximate surface area is 199 Å². The number of aliphatic hydroxyl groups is 1. The second-order valence-corrected chi connectivity index (χ2v) is 9.43. The highest BCUT2D eigenvalue weighted by atomic mass is 35.5. The lowest BCUT2D eigenvalue weighted by Crippen LogP contribution is -2.39. The molecule has 0 aromatic heterocycles. The third kappa shape index (κ3) is 6.61. The van der Waals surface area contributed by atoms with Crippen LogP contribution in [0, 0.1) is 5.41 Å². The summed E-state index contributed by atoms with van der Waals surface area (Å²) in [6.07, 6.45) is -1.29. The molecule has 0 saturated carbocycles. The van der Waals surface area contributed by atoms with Gasteiger partial charge in [-0.3, -0.25) is 9.59 Å². The Balaban J connectivity index is 2.62. The van der Waals surface area contributed by atoms with E-state index in [4.69, 9.17) is 27.9 Å². The van der Waals surface area contributed by atoms with Crippen LogP contribution in [0.5, 0.6) is 5.75 Å². The number of esters is 1. The van der Waals surface area contributed by atoms with E-state index in [1.165, 1.54) is 25.2 Å². The molecule has 1 amide bonds. The third-order valence-electron chi connectivity index (χ3n) is 4.76. The first kappa shape index (κ1) is 26.0. The number of amides is 1. The van der Waals surface area contributed by atoms with Crippen molar-refractivity contribution >= 4 is 40.8 Å². The number of carbonyl (C=O) groups is 2. The molecule has 0 aliphatic carbocycles. The summed E-state index contributed by atoms with van der Waals surface area (Å²) in [5, 5.41) is 11.8. The van der Waals surface area contributed by atoms with Gasteiger partial charge in [0.15, 0.2) is 0 Å². The molecule has 0 radical (unpaired) electrons. The minimum absolute atomic E-state index is 0.0636. The molecule has 174 valence electrons. The van der Waals surface area contributed by atoms with Gasteiger partial charge in [-0.05, 0) is 23.6 Å². The molecule has 0 aliphatic rings. The number of aliphatic hydroxyl groups excluding tert-OH is 1. The second kappa shape index (κ2) is 11.0. The number of hydrogen-bond donors (Lipinski definition) is 1. The van der Waals surface area contributed by atoms with Gasteiger partial charge in [0.2, 0.25) is 5.91 Å². The summed E-state index contributed by atoms with van der Waals surface area (Å²) in [6, 6.07) is 10.2. The van der Waals surface area contributed by atoms with Crippen LogP contribution in [-0.4, -0.2) is 37.7 Å². The van der Waals surface area contributed by atoms with Crippen LogP contribution in [0.3, 0.4) is 0 Å². The van der Waals surface area contributed by atoms with Crippen molar-refractivity contribution < 1.29 is 24.2 Å². The summed E-state index contributed by atoms with van der Waals surface area (Å²) >= 11 is 12.9. The van der Waals surface area contributed by atoms with E-state index in [1.54, 1.807) is 30.3 Å². The number of para-hydroxylation sites is 1. The van der Waals surface area contributed by atoms with Gasteiger partial charge in [0.1, 0.15) is 11.9 Å². The van der Waals surface area contributed by atoms with Gasteiger partial charge in [0.25, 0.3) is 0 Å². The van der Waals surface area contributed by atoms with Gasteiger partial charge in [-0.15, -0.1) is 0 Å². The zero-order valence-corrected chi connectivity index (χ0v) is 20.5. The highest BCUT2D eigenvalue weighted by Gasteiger charge is 2.30. The molecule has 0 spiro atoms. The SMILES string of the molecule is COC(=O)CCC(=O)N(CC(C)(C)C)c1c(Cl)cc(Cl)cc1C(O)c1ccccc1OC. The molecule has 0 aliphatic heterocycles. The molecular formula is C24H29Cl2NO5. The van der Waals surface area contributed by atoms with Gasteiger partial charge in [0, 0.05) is 29.1 Å². The van der Waals surface area contributed by atoms with Crippen molar-refractivity contribution in [1.82, 2.24) is 0 Å². The molecule has 32 heavy (non-hydrogen) atoms. The molecule has 2 rings (SSSR count). The lowest BCUT2D eigenvalue weighted by atomic mass is 9.93. The summed E-state index contributed by atoms with van der Waals surface area (Å²) < 4.78 is 10.1. The van der Waals surface area contributed by atoms with Crippen molar-refractivity contribution in [3.8, 4) is 5.75 Å².